The second kappa shape index (κ2) is 5.93. The van der Waals surface area contributed by atoms with Crippen molar-refractivity contribution in [2.24, 2.45) is 10.2 Å². The van der Waals surface area contributed by atoms with Crippen molar-refractivity contribution in [3.05, 3.63) is 43.6 Å². The van der Waals surface area contributed by atoms with Crippen molar-refractivity contribution >= 4 is 5.82 Å². The van der Waals surface area contributed by atoms with Crippen molar-refractivity contribution in [3.63, 3.8) is 0 Å². The number of ether oxygens (including phenoxy) is 1. The van der Waals surface area contributed by atoms with Crippen LogP contribution in [0, 0.1) is 0 Å². The molecule has 2 heterocycles. The molecule has 1 saturated heterocycles. The number of aromatic nitrogens is 2. The van der Waals surface area contributed by atoms with Gasteiger partial charge in [0, 0.05) is 22.4 Å². The monoisotopic (exact) mass is 277 g/mol. The van der Waals surface area contributed by atoms with Crippen LogP contribution in [0.4, 0.5) is 5.82 Å². The van der Waals surface area contributed by atoms with E-state index in [-0.39, 0.29) is 12.4 Å². The Labute approximate surface area is 112 Å². The Morgan fingerprint density at radius 1 is 1.55 bits per heavy atom. The smallest absolute Gasteiger partial charge is 0.351 e. The molecule has 1 aliphatic heterocycles. The fourth-order valence-corrected chi connectivity index (χ4v) is 2.00. The van der Waals surface area contributed by atoms with Crippen LogP contribution in [0.2, 0.25) is 0 Å². The molecule has 0 bridgehead atoms. The molecule has 0 saturated carbocycles. The SMILES string of the molecule is [N-]=[N+]=NC[C@H]1O[C@@H](n2ccc(N)nc2=O)C[C@@H]1N=[N+]=[N-]. The lowest BCUT2D eigenvalue weighted by molar-refractivity contribution is 0.00188. The second-order valence-electron chi connectivity index (χ2n) is 4.09. The van der Waals surface area contributed by atoms with Gasteiger partial charge in [-0.3, -0.25) is 4.57 Å². The summed E-state index contributed by atoms with van der Waals surface area (Å²) in [7, 11) is 0. The fraction of sp³-hybridized carbons (Fsp3) is 0.556. The van der Waals surface area contributed by atoms with Gasteiger partial charge in [-0.2, -0.15) is 4.98 Å². The minimum Gasteiger partial charge on any atom is -0.383 e. The summed E-state index contributed by atoms with van der Waals surface area (Å²) in [6.07, 6.45) is 0.542. The Bertz CT molecular complexity index is 643. The maximum Gasteiger partial charge on any atom is 0.351 e. The van der Waals surface area contributed by atoms with Crippen molar-refractivity contribution in [2.45, 2.75) is 24.8 Å². The highest BCUT2D eigenvalue weighted by molar-refractivity contribution is 5.23. The molecule has 1 aromatic rings. The molecule has 0 aliphatic carbocycles. The zero-order chi connectivity index (χ0) is 14.5. The molecule has 1 aliphatic rings. The van der Waals surface area contributed by atoms with Crippen molar-refractivity contribution in [3.8, 4) is 0 Å². The van der Waals surface area contributed by atoms with Gasteiger partial charge in [0.2, 0.25) is 0 Å². The lowest BCUT2D eigenvalue weighted by Crippen LogP contribution is -2.27. The van der Waals surface area contributed by atoms with Crippen molar-refractivity contribution < 1.29 is 4.74 Å². The van der Waals surface area contributed by atoms with Crippen molar-refractivity contribution in [1.29, 1.82) is 0 Å². The van der Waals surface area contributed by atoms with Crippen LogP contribution >= 0.6 is 0 Å². The number of azide groups is 2. The van der Waals surface area contributed by atoms with Crippen LogP contribution in [-0.2, 0) is 4.74 Å². The quantitative estimate of drug-likeness (QED) is 0.494. The summed E-state index contributed by atoms with van der Waals surface area (Å²) in [6.45, 7) is 0.0217. The fourth-order valence-electron chi connectivity index (χ4n) is 2.00. The summed E-state index contributed by atoms with van der Waals surface area (Å²) in [5, 5.41) is 6.99. The first-order chi connectivity index (χ1) is 9.65. The first kappa shape index (κ1) is 13.7. The molecule has 0 radical (unpaired) electrons. The van der Waals surface area contributed by atoms with Crippen LogP contribution in [0.25, 0.3) is 20.9 Å². The van der Waals surface area contributed by atoms with Gasteiger partial charge in [0.25, 0.3) is 0 Å². The first-order valence-electron chi connectivity index (χ1n) is 5.71. The van der Waals surface area contributed by atoms with E-state index in [1.807, 2.05) is 0 Å². The minimum absolute atomic E-state index is 0.0217. The van der Waals surface area contributed by atoms with Gasteiger partial charge in [-0.25, -0.2) is 4.79 Å². The Morgan fingerprint density at radius 3 is 3.00 bits per heavy atom. The molecule has 0 aromatic carbocycles. The molecule has 0 unspecified atom stereocenters. The number of anilines is 1. The molecular weight excluding hydrogens is 266 g/mol. The van der Waals surface area contributed by atoms with Crippen LogP contribution in [0.5, 0.6) is 0 Å². The Balaban J connectivity index is 2.24. The predicted octanol–water partition coefficient (Wildman–Crippen LogP) is 1.10. The average Bonchev–Trinajstić information content (AvgIpc) is 2.80. The normalized spacial score (nSPS) is 24.7. The highest BCUT2D eigenvalue weighted by atomic mass is 16.5. The third-order valence-electron chi connectivity index (χ3n) is 2.89. The van der Waals surface area contributed by atoms with Gasteiger partial charge in [-0.15, -0.1) is 0 Å². The first-order valence-corrected chi connectivity index (χ1v) is 5.71. The summed E-state index contributed by atoms with van der Waals surface area (Å²) < 4.78 is 6.84. The largest absolute Gasteiger partial charge is 0.383 e. The molecule has 20 heavy (non-hydrogen) atoms. The second-order valence-corrected chi connectivity index (χ2v) is 4.09. The molecule has 11 nitrogen and oxygen atoms in total. The van der Waals surface area contributed by atoms with Crippen molar-refractivity contribution in [2.75, 3.05) is 12.3 Å². The van der Waals surface area contributed by atoms with Crippen LogP contribution in [-0.4, -0.2) is 28.2 Å². The molecule has 104 valence electrons. The molecular formula is C9H11N9O2. The van der Waals surface area contributed by atoms with Gasteiger partial charge < -0.3 is 10.5 Å². The number of hydrogen-bond donors (Lipinski definition) is 1. The summed E-state index contributed by atoms with van der Waals surface area (Å²) in [6, 6.07) is 0.952. The van der Waals surface area contributed by atoms with Crippen molar-refractivity contribution in [1.82, 2.24) is 9.55 Å². The van der Waals surface area contributed by atoms with Crippen LogP contribution in [0.3, 0.4) is 0 Å². The van der Waals surface area contributed by atoms with Gasteiger partial charge >= 0.3 is 5.69 Å². The summed E-state index contributed by atoms with van der Waals surface area (Å²) in [4.78, 5) is 20.7. The average molecular weight is 277 g/mol. The molecule has 1 aromatic heterocycles. The predicted molar refractivity (Wildman–Crippen MR) is 68.4 cm³/mol. The minimum atomic E-state index is -0.634. The van der Waals surface area contributed by atoms with E-state index in [2.05, 4.69) is 25.0 Å². The van der Waals surface area contributed by atoms with Gasteiger partial charge in [0.1, 0.15) is 12.0 Å². The van der Waals surface area contributed by atoms with E-state index in [1.165, 1.54) is 16.8 Å². The number of nitrogen functional groups attached to an aromatic ring is 1. The van der Waals surface area contributed by atoms with E-state index in [1.54, 1.807) is 0 Å². The molecule has 2 rings (SSSR count). The lowest BCUT2D eigenvalue weighted by atomic mass is 10.1. The van der Waals surface area contributed by atoms with E-state index in [9.17, 15) is 4.79 Å². The third-order valence-corrected chi connectivity index (χ3v) is 2.89. The molecule has 11 heteroatoms. The third kappa shape index (κ3) is 2.81. The van der Waals surface area contributed by atoms with E-state index in [0.29, 0.717) is 6.42 Å². The van der Waals surface area contributed by atoms with Gasteiger partial charge in [-0.05, 0) is 17.1 Å². The molecule has 2 N–H and O–H groups in total. The Kier molecular flexibility index (Phi) is 4.06. The zero-order valence-electron chi connectivity index (χ0n) is 10.3. The van der Waals surface area contributed by atoms with Gasteiger partial charge in [-0.1, -0.05) is 10.2 Å². The topological polar surface area (TPSA) is 168 Å². The highest BCUT2D eigenvalue weighted by Gasteiger charge is 2.35. The molecule has 3 atom stereocenters. The number of rotatable bonds is 4. The van der Waals surface area contributed by atoms with E-state index >= 15 is 0 Å². The lowest BCUT2D eigenvalue weighted by Gasteiger charge is -2.14. The number of nitrogens with zero attached hydrogens (tertiary/aromatic N) is 8. The van der Waals surface area contributed by atoms with Crippen LogP contribution in [0.1, 0.15) is 12.6 Å². The Hall–Kier alpha value is -2.74. The van der Waals surface area contributed by atoms with Gasteiger partial charge in [0.05, 0.1) is 18.7 Å². The Morgan fingerprint density at radius 2 is 2.35 bits per heavy atom. The maximum atomic E-state index is 11.7. The summed E-state index contributed by atoms with van der Waals surface area (Å²) in [5.41, 5.74) is 21.7. The van der Waals surface area contributed by atoms with Crippen LogP contribution < -0.4 is 11.4 Å². The van der Waals surface area contributed by atoms with E-state index in [0.717, 1.165) is 0 Å². The standard InChI is InChI=1S/C9H11N9O2/c10-7-1-2-18(9(19)14-7)8-3-5(15-17-12)6(20-8)4-13-16-11/h1-2,5-6,8H,3-4H2,(H2,10,14,19)/t5-,6+,8+/m0/s1. The molecule has 0 spiro atoms. The number of nitrogens with two attached hydrogens (primary N) is 1. The van der Waals surface area contributed by atoms with E-state index < -0.39 is 24.1 Å². The zero-order valence-corrected chi connectivity index (χ0v) is 10.3. The summed E-state index contributed by atoms with van der Waals surface area (Å²) >= 11 is 0. The summed E-state index contributed by atoms with van der Waals surface area (Å²) in [5.74, 6) is 0.112. The molecule has 0 amide bonds. The van der Waals surface area contributed by atoms with Gasteiger partial charge in [0.15, 0.2) is 0 Å². The van der Waals surface area contributed by atoms with E-state index in [4.69, 9.17) is 21.5 Å². The number of hydrogen-bond acceptors (Lipinski definition) is 6. The molecule has 1 fully saturated rings. The highest BCUT2D eigenvalue weighted by Crippen LogP contribution is 2.30. The maximum absolute atomic E-state index is 11.7. The van der Waals surface area contributed by atoms with Crippen LogP contribution in [0.15, 0.2) is 27.3 Å².